The number of methoxy groups -OCH3 is 1. The van der Waals surface area contributed by atoms with Gasteiger partial charge in [0, 0.05) is 38.0 Å². The Kier molecular flexibility index (Phi) is 7.25. The molecule has 3 nitrogen and oxygen atoms in total. The maximum Gasteiger partial charge on any atom is 0.133 e. The van der Waals surface area contributed by atoms with E-state index < -0.39 is 0 Å². The van der Waals surface area contributed by atoms with Crippen molar-refractivity contribution >= 4 is 11.6 Å². The van der Waals surface area contributed by atoms with Crippen molar-refractivity contribution in [1.82, 2.24) is 9.88 Å². The molecule has 1 rings (SSSR count). The number of hydrogen-bond donors (Lipinski definition) is 0. The molecule has 0 N–H and O–H groups in total. The van der Waals surface area contributed by atoms with Gasteiger partial charge in [0.2, 0.25) is 0 Å². The second-order valence-electron chi connectivity index (χ2n) is 4.39. The first-order valence-electron chi connectivity index (χ1n) is 6.55. The monoisotopic (exact) mass is 270 g/mol. The standard InChI is InChI=1S/C14H23ClN2O/c1-4-13(5-2)17(9-10-18-3)11-12-7-6-8-16-14(12)15/h6-8,13H,4-5,9-11H2,1-3H3. The Bertz CT molecular complexity index is 342. The molecule has 18 heavy (non-hydrogen) atoms. The van der Waals surface area contributed by atoms with Crippen molar-refractivity contribution in [3.05, 3.63) is 29.0 Å². The first-order chi connectivity index (χ1) is 8.72. The molecule has 0 aromatic carbocycles. The van der Waals surface area contributed by atoms with E-state index in [1.54, 1.807) is 13.3 Å². The lowest BCUT2D eigenvalue weighted by molar-refractivity contribution is 0.110. The Balaban J connectivity index is 2.74. The van der Waals surface area contributed by atoms with Crippen molar-refractivity contribution in [2.24, 2.45) is 0 Å². The SMILES string of the molecule is CCC(CC)N(CCOC)Cc1cccnc1Cl. The first-order valence-corrected chi connectivity index (χ1v) is 6.93. The van der Waals surface area contributed by atoms with Gasteiger partial charge in [-0.3, -0.25) is 4.90 Å². The highest BCUT2D eigenvalue weighted by atomic mass is 35.5. The van der Waals surface area contributed by atoms with Crippen LogP contribution in [0.25, 0.3) is 0 Å². The molecular weight excluding hydrogens is 248 g/mol. The fourth-order valence-corrected chi connectivity index (χ4v) is 2.34. The minimum absolute atomic E-state index is 0.566. The molecule has 0 fully saturated rings. The average Bonchev–Trinajstić information content (AvgIpc) is 2.39. The predicted molar refractivity (Wildman–Crippen MR) is 75.9 cm³/mol. The van der Waals surface area contributed by atoms with Gasteiger partial charge in [-0.15, -0.1) is 0 Å². The van der Waals surface area contributed by atoms with Crippen molar-refractivity contribution < 1.29 is 4.74 Å². The number of ether oxygens (including phenoxy) is 1. The minimum atomic E-state index is 0.566. The van der Waals surface area contributed by atoms with Gasteiger partial charge in [-0.2, -0.15) is 0 Å². The highest BCUT2D eigenvalue weighted by Crippen LogP contribution is 2.18. The second kappa shape index (κ2) is 8.46. The summed E-state index contributed by atoms with van der Waals surface area (Å²) in [5.41, 5.74) is 1.09. The summed E-state index contributed by atoms with van der Waals surface area (Å²) in [7, 11) is 1.74. The van der Waals surface area contributed by atoms with Crippen LogP contribution in [0.5, 0.6) is 0 Å². The molecule has 0 amide bonds. The molecule has 4 heteroatoms. The molecule has 0 saturated carbocycles. The molecule has 0 atom stereocenters. The molecule has 0 aliphatic heterocycles. The lowest BCUT2D eigenvalue weighted by Crippen LogP contribution is -2.36. The molecule has 1 aromatic heterocycles. The first kappa shape index (κ1) is 15.4. The Hall–Kier alpha value is -0.640. The third kappa shape index (κ3) is 4.56. The summed E-state index contributed by atoms with van der Waals surface area (Å²) in [6, 6.07) is 4.54. The van der Waals surface area contributed by atoms with E-state index >= 15 is 0 Å². The summed E-state index contributed by atoms with van der Waals surface area (Å²) < 4.78 is 5.19. The van der Waals surface area contributed by atoms with Crippen molar-refractivity contribution in [2.45, 2.75) is 39.3 Å². The third-order valence-electron chi connectivity index (χ3n) is 3.25. The topological polar surface area (TPSA) is 25.4 Å². The van der Waals surface area contributed by atoms with Crippen LogP contribution < -0.4 is 0 Å². The lowest BCUT2D eigenvalue weighted by Gasteiger charge is -2.30. The van der Waals surface area contributed by atoms with Crippen LogP contribution in [-0.4, -0.2) is 36.2 Å². The van der Waals surface area contributed by atoms with Crippen molar-refractivity contribution in [3.63, 3.8) is 0 Å². The Morgan fingerprint density at radius 1 is 1.39 bits per heavy atom. The smallest absolute Gasteiger partial charge is 0.133 e. The van der Waals surface area contributed by atoms with Crippen molar-refractivity contribution in [1.29, 1.82) is 0 Å². The van der Waals surface area contributed by atoms with Crippen LogP contribution in [-0.2, 0) is 11.3 Å². The highest BCUT2D eigenvalue weighted by Gasteiger charge is 2.16. The molecule has 0 aliphatic rings. The predicted octanol–water partition coefficient (Wildman–Crippen LogP) is 3.37. The molecule has 0 aliphatic carbocycles. The van der Waals surface area contributed by atoms with E-state index in [0.29, 0.717) is 11.2 Å². The Morgan fingerprint density at radius 3 is 2.67 bits per heavy atom. The van der Waals surface area contributed by atoms with E-state index in [1.807, 2.05) is 12.1 Å². The molecule has 0 saturated heterocycles. The molecule has 1 aromatic rings. The molecule has 0 bridgehead atoms. The maximum atomic E-state index is 6.12. The van der Waals surface area contributed by atoms with Crippen molar-refractivity contribution in [3.8, 4) is 0 Å². The third-order valence-corrected chi connectivity index (χ3v) is 3.59. The van der Waals surface area contributed by atoms with Crippen LogP contribution in [0.2, 0.25) is 5.15 Å². The zero-order valence-corrected chi connectivity index (χ0v) is 12.3. The van der Waals surface area contributed by atoms with Gasteiger partial charge < -0.3 is 4.74 Å². The summed E-state index contributed by atoms with van der Waals surface area (Å²) in [5, 5.41) is 0.603. The molecule has 0 radical (unpaired) electrons. The van der Waals surface area contributed by atoms with Gasteiger partial charge in [0.15, 0.2) is 0 Å². The number of nitrogens with zero attached hydrogens (tertiary/aromatic N) is 2. The van der Waals surface area contributed by atoms with Gasteiger partial charge in [0.05, 0.1) is 6.61 Å². The van der Waals surface area contributed by atoms with Gasteiger partial charge >= 0.3 is 0 Å². The van der Waals surface area contributed by atoms with Gasteiger partial charge in [-0.25, -0.2) is 4.98 Å². The number of aromatic nitrogens is 1. The van der Waals surface area contributed by atoms with Crippen LogP contribution in [0, 0.1) is 0 Å². The van der Waals surface area contributed by atoms with E-state index in [9.17, 15) is 0 Å². The van der Waals surface area contributed by atoms with Crippen LogP contribution in [0.15, 0.2) is 18.3 Å². The lowest BCUT2D eigenvalue weighted by atomic mass is 10.1. The van der Waals surface area contributed by atoms with E-state index in [-0.39, 0.29) is 0 Å². The Morgan fingerprint density at radius 2 is 2.11 bits per heavy atom. The largest absolute Gasteiger partial charge is 0.383 e. The zero-order valence-electron chi connectivity index (χ0n) is 11.5. The number of rotatable bonds is 8. The van der Waals surface area contributed by atoms with E-state index in [1.165, 1.54) is 0 Å². The zero-order chi connectivity index (χ0) is 13.4. The molecule has 1 heterocycles. The highest BCUT2D eigenvalue weighted by molar-refractivity contribution is 6.30. The Labute approximate surface area is 115 Å². The van der Waals surface area contributed by atoms with Crippen LogP contribution >= 0.6 is 11.6 Å². The molecular formula is C14H23ClN2O. The molecule has 0 unspecified atom stereocenters. The number of pyridine rings is 1. The quantitative estimate of drug-likeness (QED) is 0.677. The fraction of sp³-hybridized carbons (Fsp3) is 0.643. The summed E-state index contributed by atoms with van der Waals surface area (Å²) in [4.78, 5) is 6.55. The van der Waals surface area contributed by atoms with Gasteiger partial charge in [0.1, 0.15) is 5.15 Å². The van der Waals surface area contributed by atoms with E-state index in [0.717, 1.165) is 38.1 Å². The second-order valence-corrected chi connectivity index (χ2v) is 4.74. The van der Waals surface area contributed by atoms with Gasteiger partial charge in [-0.1, -0.05) is 31.5 Å². The average molecular weight is 271 g/mol. The molecule has 102 valence electrons. The van der Waals surface area contributed by atoms with E-state index in [2.05, 4.69) is 23.7 Å². The summed E-state index contributed by atoms with van der Waals surface area (Å²) >= 11 is 6.12. The van der Waals surface area contributed by atoms with Crippen LogP contribution in [0.1, 0.15) is 32.3 Å². The van der Waals surface area contributed by atoms with Crippen molar-refractivity contribution in [2.75, 3.05) is 20.3 Å². The summed E-state index contributed by atoms with van der Waals surface area (Å²) in [5.74, 6) is 0. The fourth-order valence-electron chi connectivity index (χ4n) is 2.16. The van der Waals surface area contributed by atoms with Gasteiger partial charge in [-0.05, 0) is 18.9 Å². The number of halogens is 1. The summed E-state index contributed by atoms with van der Waals surface area (Å²) in [6.07, 6.45) is 4.00. The van der Waals surface area contributed by atoms with Crippen LogP contribution in [0.4, 0.5) is 0 Å². The number of hydrogen-bond acceptors (Lipinski definition) is 3. The van der Waals surface area contributed by atoms with E-state index in [4.69, 9.17) is 16.3 Å². The minimum Gasteiger partial charge on any atom is -0.383 e. The molecule has 0 spiro atoms. The summed E-state index contributed by atoms with van der Waals surface area (Å²) in [6.45, 7) is 6.95. The van der Waals surface area contributed by atoms with Crippen LogP contribution in [0.3, 0.4) is 0 Å². The normalized spacial score (nSPS) is 11.4. The maximum absolute atomic E-state index is 6.12. The van der Waals surface area contributed by atoms with Gasteiger partial charge in [0.25, 0.3) is 0 Å².